The lowest BCUT2D eigenvalue weighted by molar-refractivity contribution is 0.0957. The molecule has 1 aromatic heterocycles. The second-order valence-corrected chi connectivity index (χ2v) is 7.52. The van der Waals surface area contributed by atoms with E-state index < -0.39 is 5.41 Å². The first-order valence-corrected chi connectivity index (χ1v) is 9.04. The summed E-state index contributed by atoms with van der Waals surface area (Å²) in [6.45, 7) is 5.90. The van der Waals surface area contributed by atoms with Crippen LogP contribution in [0.2, 0.25) is 0 Å². The van der Waals surface area contributed by atoms with Crippen molar-refractivity contribution in [3.8, 4) is 17.2 Å². The van der Waals surface area contributed by atoms with Crippen LogP contribution in [-0.4, -0.2) is 5.91 Å². The monoisotopic (exact) mass is 370 g/mol. The van der Waals surface area contributed by atoms with Crippen LogP contribution in [0.3, 0.4) is 0 Å². The Kier molecular flexibility index (Phi) is 5.47. The summed E-state index contributed by atoms with van der Waals surface area (Å²) in [6, 6.07) is 21.7. The molecule has 1 N–H and O–H groups in total. The van der Waals surface area contributed by atoms with Crippen molar-refractivity contribution in [1.82, 2.24) is 5.32 Å². The molecular weight excluding hydrogens is 348 g/mol. The first kappa shape index (κ1) is 19.2. The Morgan fingerprint density at radius 1 is 0.929 bits per heavy atom. The first-order valence-electron chi connectivity index (χ1n) is 9.04. The van der Waals surface area contributed by atoms with E-state index in [1.54, 1.807) is 6.07 Å². The maximum Gasteiger partial charge on any atom is 0.258 e. The van der Waals surface area contributed by atoms with Gasteiger partial charge in [-0.25, -0.2) is 0 Å². The average Bonchev–Trinajstić information content (AvgIpc) is 3.23. The molecule has 0 aliphatic heterocycles. The van der Waals surface area contributed by atoms with Gasteiger partial charge in [0.2, 0.25) is 0 Å². The molecule has 1 amide bonds. The van der Waals surface area contributed by atoms with Gasteiger partial charge in [-0.05, 0) is 22.8 Å². The minimum absolute atomic E-state index is 0.299. The van der Waals surface area contributed by atoms with Crippen molar-refractivity contribution in [2.24, 2.45) is 5.41 Å². The van der Waals surface area contributed by atoms with Gasteiger partial charge in [-0.15, -0.1) is 0 Å². The van der Waals surface area contributed by atoms with Crippen LogP contribution in [0.5, 0.6) is 0 Å². The summed E-state index contributed by atoms with van der Waals surface area (Å²) in [6.07, 6.45) is 2.83. The van der Waals surface area contributed by atoms with Crippen LogP contribution >= 0.6 is 0 Å². The summed E-state index contributed by atoms with van der Waals surface area (Å²) in [4.78, 5) is 12.5. The van der Waals surface area contributed by atoms with Gasteiger partial charge in [0.1, 0.15) is 12.3 Å². The number of carbonyl (C=O) groups excluding carboxylic acids is 1. The molecule has 4 heteroatoms. The van der Waals surface area contributed by atoms with Crippen LogP contribution in [0, 0.1) is 16.7 Å². The molecule has 0 unspecified atom stereocenters. The topological polar surface area (TPSA) is 66.0 Å². The van der Waals surface area contributed by atoms with Gasteiger partial charge in [-0.2, -0.15) is 5.26 Å². The van der Waals surface area contributed by atoms with Crippen LogP contribution in [0.25, 0.3) is 16.7 Å². The summed E-state index contributed by atoms with van der Waals surface area (Å²) in [5.41, 5.74) is 3.96. The Balaban J connectivity index is 2.00. The van der Waals surface area contributed by atoms with Gasteiger partial charge in [-0.3, -0.25) is 4.79 Å². The number of amides is 1. The van der Waals surface area contributed by atoms with E-state index in [1.807, 2.05) is 75.4 Å². The highest BCUT2D eigenvalue weighted by Crippen LogP contribution is 2.31. The summed E-state index contributed by atoms with van der Waals surface area (Å²) in [5.74, 6) is -0.299. The molecule has 0 spiro atoms. The molecule has 0 saturated carbocycles. The highest BCUT2D eigenvalue weighted by atomic mass is 16.3. The highest BCUT2D eigenvalue weighted by Gasteiger charge is 2.25. The van der Waals surface area contributed by atoms with Crippen LogP contribution in [0.1, 0.15) is 36.7 Å². The van der Waals surface area contributed by atoms with Crippen molar-refractivity contribution < 1.29 is 9.21 Å². The van der Waals surface area contributed by atoms with Gasteiger partial charge in [0.15, 0.2) is 0 Å². The molecule has 2 aromatic carbocycles. The zero-order valence-corrected chi connectivity index (χ0v) is 16.2. The fourth-order valence-electron chi connectivity index (χ4n) is 2.93. The van der Waals surface area contributed by atoms with Crippen LogP contribution in [0.15, 0.2) is 83.3 Å². The molecule has 3 aromatic rings. The average molecular weight is 370 g/mol. The number of benzene rings is 2. The third-order valence-corrected chi connectivity index (χ3v) is 4.41. The number of nitriles is 1. The summed E-state index contributed by atoms with van der Waals surface area (Å²) < 4.78 is 4.99. The quantitative estimate of drug-likeness (QED) is 0.603. The number of nitrogens with one attached hydrogen (secondary N) is 1. The molecule has 28 heavy (non-hydrogen) atoms. The van der Waals surface area contributed by atoms with Crippen LogP contribution in [-0.2, 0) is 0 Å². The zero-order valence-electron chi connectivity index (χ0n) is 16.2. The van der Waals surface area contributed by atoms with E-state index in [-0.39, 0.29) is 5.91 Å². The van der Waals surface area contributed by atoms with Crippen molar-refractivity contribution in [2.75, 3.05) is 0 Å². The Labute approximate surface area is 165 Å². The van der Waals surface area contributed by atoms with E-state index >= 15 is 0 Å². The van der Waals surface area contributed by atoms with E-state index in [9.17, 15) is 10.1 Å². The van der Waals surface area contributed by atoms with Gasteiger partial charge in [0.05, 0.1) is 17.4 Å². The smallest absolute Gasteiger partial charge is 0.258 e. The summed E-state index contributed by atoms with van der Waals surface area (Å²) in [7, 11) is 0. The zero-order chi connectivity index (χ0) is 20.1. The number of hydrogen-bond donors (Lipinski definition) is 1. The molecule has 0 aliphatic carbocycles. The lowest BCUT2D eigenvalue weighted by atomic mass is 9.86. The van der Waals surface area contributed by atoms with Crippen molar-refractivity contribution in [2.45, 2.75) is 20.8 Å². The summed E-state index contributed by atoms with van der Waals surface area (Å²) >= 11 is 0. The van der Waals surface area contributed by atoms with Crippen LogP contribution in [0.4, 0.5) is 0 Å². The SMILES string of the molecule is CC(C)(C)C(NC(=O)c1ccoc1)=C(C#N)c1ccc(-c2ccccc2)cc1. The molecule has 1 heterocycles. The minimum Gasteiger partial charge on any atom is -0.472 e. The van der Waals surface area contributed by atoms with E-state index in [2.05, 4.69) is 11.4 Å². The largest absolute Gasteiger partial charge is 0.472 e. The Bertz CT molecular complexity index is 1020. The minimum atomic E-state index is -0.428. The fourth-order valence-corrected chi connectivity index (χ4v) is 2.93. The number of rotatable bonds is 4. The molecular formula is C24H22N2O2. The fraction of sp³-hybridized carbons (Fsp3) is 0.167. The summed E-state index contributed by atoms with van der Waals surface area (Å²) in [5, 5.41) is 12.8. The van der Waals surface area contributed by atoms with Crippen molar-refractivity contribution in [3.63, 3.8) is 0 Å². The van der Waals surface area contributed by atoms with E-state index in [4.69, 9.17) is 4.42 Å². The van der Waals surface area contributed by atoms with Gasteiger partial charge < -0.3 is 9.73 Å². The van der Waals surface area contributed by atoms with Crippen molar-refractivity contribution >= 4 is 11.5 Å². The number of furan rings is 1. The van der Waals surface area contributed by atoms with Gasteiger partial charge in [0.25, 0.3) is 5.91 Å². The van der Waals surface area contributed by atoms with Gasteiger partial charge in [-0.1, -0.05) is 75.4 Å². The molecule has 0 fully saturated rings. The van der Waals surface area contributed by atoms with Crippen molar-refractivity contribution in [3.05, 3.63) is 90.0 Å². The third-order valence-electron chi connectivity index (χ3n) is 4.41. The Hall–Kier alpha value is -3.58. The standard InChI is InChI=1S/C24H22N2O2/c1-24(2,3)22(26-23(27)20-13-14-28-16-20)21(15-25)19-11-9-18(10-12-19)17-7-5-4-6-8-17/h4-14,16H,1-3H3,(H,26,27). The number of allylic oxidation sites excluding steroid dienone is 2. The molecule has 0 aliphatic rings. The molecule has 3 rings (SSSR count). The molecule has 0 saturated heterocycles. The Morgan fingerprint density at radius 3 is 2.11 bits per heavy atom. The second kappa shape index (κ2) is 7.98. The van der Waals surface area contributed by atoms with E-state index in [0.717, 1.165) is 16.7 Å². The predicted molar refractivity (Wildman–Crippen MR) is 110 cm³/mol. The lowest BCUT2D eigenvalue weighted by Crippen LogP contribution is -2.31. The third kappa shape index (κ3) is 4.21. The number of hydrogen-bond acceptors (Lipinski definition) is 3. The predicted octanol–water partition coefficient (Wildman–Crippen LogP) is 5.66. The number of nitrogens with zero attached hydrogens (tertiary/aromatic N) is 1. The maximum absolute atomic E-state index is 12.5. The first-order chi connectivity index (χ1) is 13.4. The molecule has 0 bridgehead atoms. The number of carbonyl (C=O) groups is 1. The normalized spacial score (nSPS) is 12.1. The maximum atomic E-state index is 12.5. The molecule has 4 nitrogen and oxygen atoms in total. The Morgan fingerprint density at radius 2 is 1.57 bits per heavy atom. The molecule has 0 radical (unpaired) electrons. The van der Waals surface area contributed by atoms with E-state index in [0.29, 0.717) is 16.8 Å². The van der Waals surface area contributed by atoms with Gasteiger partial charge >= 0.3 is 0 Å². The lowest BCUT2D eigenvalue weighted by Gasteiger charge is -2.25. The molecule has 0 atom stereocenters. The van der Waals surface area contributed by atoms with Crippen LogP contribution < -0.4 is 5.32 Å². The second-order valence-electron chi connectivity index (χ2n) is 7.52. The highest BCUT2D eigenvalue weighted by molar-refractivity contribution is 5.97. The van der Waals surface area contributed by atoms with E-state index in [1.165, 1.54) is 12.5 Å². The van der Waals surface area contributed by atoms with Crippen molar-refractivity contribution in [1.29, 1.82) is 5.26 Å². The molecule has 140 valence electrons. The van der Waals surface area contributed by atoms with Gasteiger partial charge in [0, 0.05) is 11.1 Å².